The van der Waals surface area contributed by atoms with E-state index in [9.17, 15) is 18.0 Å². The number of amides is 2. The molecule has 0 bridgehead atoms. The Balaban J connectivity index is 1.81. The van der Waals surface area contributed by atoms with Gasteiger partial charge in [0.15, 0.2) is 0 Å². The summed E-state index contributed by atoms with van der Waals surface area (Å²) in [6.45, 7) is 5.37. The van der Waals surface area contributed by atoms with Crippen LogP contribution in [0.4, 0.5) is 5.69 Å². The lowest BCUT2D eigenvalue weighted by molar-refractivity contribution is -0.139. The molecule has 42 heavy (non-hydrogen) atoms. The van der Waals surface area contributed by atoms with Crippen molar-refractivity contribution in [1.82, 2.24) is 10.2 Å². The van der Waals surface area contributed by atoms with Crippen LogP contribution in [-0.4, -0.2) is 44.8 Å². The third-order valence-electron chi connectivity index (χ3n) is 7.35. The summed E-state index contributed by atoms with van der Waals surface area (Å²) in [7, 11) is -2.58. The number of nitrogens with zero attached hydrogens (tertiary/aromatic N) is 2. The lowest BCUT2D eigenvalue weighted by Crippen LogP contribution is -2.53. The van der Waals surface area contributed by atoms with E-state index >= 15 is 0 Å². The molecule has 0 aliphatic carbocycles. The minimum atomic E-state index is -4.12. The summed E-state index contributed by atoms with van der Waals surface area (Å²) >= 11 is 0. The highest BCUT2D eigenvalue weighted by Gasteiger charge is 2.34. The van der Waals surface area contributed by atoms with Gasteiger partial charge in [-0.15, -0.1) is 0 Å². The first-order chi connectivity index (χ1) is 20.1. The number of nitrogens with one attached hydrogen (secondary N) is 1. The first-order valence-electron chi connectivity index (χ1n) is 13.9. The van der Waals surface area contributed by atoms with Crippen LogP contribution in [0.2, 0.25) is 0 Å². The Kier molecular flexibility index (Phi) is 9.80. The summed E-state index contributed by atoms with van der Waals surface area (Å²) in [5.74, 6) is -0.813. The quantitative estimate of drug-likeness (QED) is 0.263. The normalized spacial score (nSPS) is 11.9. The maximum absolute atomic E-state index is 14.4. The fourth-order valence-corrected chi connectivity index (χ4v) is 6.51. The molecule has 4 rings (SSSR count). The molecule has 218 valence electrons. The van der Waals surface area contributed by atoms with Crippen LogP contribution >= 0.6 is 0 Å². The standard InChI is InChI=1S/C34H37N3O4S/c1-25-19-20-31(27(3)21-25)37(42(40,41)30-17-9-6-10-18-30)24-33(38)36(23-29-16-12-11-13-26(29)2)32(34(39)35-4)22-28-14-7-5-8-15-28/h5-21,32H,22-24H2,1-4H3,(H,35,39)/t32-/m0/s1. The van der Waals surface area contributed by atoms with Crippen molar-refractivity contribution in [3.63, 3.8) is 0 Å². The molecule has 7 nitrogen and oxygen atoms in total. The molecule has 8 heteroatoms. The van der Waals surface area contributed by atoms with E-state index < -0.39 is 28.5 Å². The van der Waals surface area contributed by atoms with Crippen LogP contribution in [0.3, 0.4) is 0 Å². The average molecular weight is 584 g/mol. The van der Waals surface area contributed by atoms with Crippen molar-refractivity contribution in [2.45, 2.75) is 44.7 Å². The summed E-state index contributed by atoms with van der Waals surface area (Å²) in [6.07, 6.45) is 0.271. The van der Waals surface area contributed by atoms with Crippen LogP contribution in [0.25, 0.3) is 0 Å². The second-order valence-corrected chi connectivity index (χ2v) is 12.2. The van der Waals surface area contributed by atoms with E-state index in [1.165, 1.54) is 17.0 Å². The Morgan fingerprint density at radius 3 is 2.02 bits per heavy atom. The van der Waals surface area contributed by atoms with Gasteiger partial charge in [-0.3, -0.25) is 13.9 Å². The van der Waals surface area contributed by atoms with Gasteiger partial charge in [0.05, 0.1) is 10.6 Å². The molecule has 0 aliphatic rings. The summed E-state index contributed by atoms with van der Waals surface area (Å²) in [6, 6.07) is 29.8. The lowest BCUT2D eigenvalue weighted by Gasteiger charge is -2.34. The molecule has 0 spiro atoms. The van der Waals surface area contributed by atoms with Crippen LogP contribution in [0.5, 0.6) is 0 Å². The number of likely N-dealkylation sites (N-methyl/N-ethyl adjacent to an activating group) is 1. The van der Waals surface area contributed by atoms with Crippen molar-refractivity contribution in [1.29, 1.82) is 0 Å². The number of benzene rings is 4. The topological polar surface area (TPSA) is 86.8 Å². The number of aryl methyl sites for hydroxylation is 3. The Hall–Kier alpha value is -4.43. The van der Waals surface area contributed by atoms with Crippen molar-refractivity contribution in [2.24, 2.45) is 0 Å². The first-order valence-corrected chi connectivity index (χ1v) is 15.3. The Morgan fingerprint density at radius 1 is 0.786 bits per heavy atom. The van der Waals surface area contributed by atoms with Gasteiger partial charge in [-0.2, -0.15) is 0 Å². The minimum absolute atomic E-state index is 0.0790. The number of hydrogen-bond donors (Lipinski definition) is 1. The molecule has 0 aromatic heterocycles. The van der Waals surface area contributed by atoms with Gasteiger partial charge in [0, 0.05) is 20.0 Å². The average Bonchev–Trinajstić information content (AvgIpc) is 2.99. The molecule has 0 heterocycles. The molecule has 1 atom stereocenters. The van der Waals surface area contributed by atoms with Crippen LogP contribution in [0.15, 0.2) is 108 Å². The third-order valence-corrected chi connectivity index (χ3v) is 9.12. The zero-order valence-electron chi connectivity index (χ0n) is 24.4. The summed E-state index contributed by atoms with van der Waals surface area (Å²) in [5.41, 5.74) is 4.83. The second-order valence-electron chi connectivity index (χ2n) is 10.4. The molecule has 1 N–H and O–H groups in total. The number of anilines is 1. The zero-order valence-corrected chi connectivity index (χ0v) is 25.3. The number of hydrogen-bond acceptors (Lipinski definition) is 4. The van der Waals surface area contributed by atoms with Crippen molar-refractivity contribution >= 4 is 27.5 Å². The molecular weight excluding hydrogens is 546 g/mol. The fraction of sp³-hybridized carbons (Fsp3) is 0.235. The van der Waals surface area contributed by atoms with Gasteiger partial charge in [0.2, 0.25) is 11.8 Å². The molecule has 4 aromatic rings. The largest absolute Gasteiger partial charge is 0.357 e. The van der Waals surface area contributed by atoms with E-state index in [0.29, 0.717) is 5.69 Å². The van der Waals surface area contributed by atoms with Crippen molar-refractivity contribution in [3.8, 4) is 0 Å². The van der Waals surface area contributed by atoms with Gasteiger partial charge in [0.25, 0.3) is 10.0 Å². The fourth-order valence-electron chi connectivity index (χ4n) is 5.01. The van der Waals surface area contributed by atoms with Gasteiger partial charge < -0.3 is 10.2 Å². The number of rotatable bonds is 11. The van der Waals surface area contributed by atoms with Crippen molar-refractivity contribution < 1.29 is 18.0 Å². The van der Waals surface area contributed by atoms with Gasteiger partial charge in [-0.05, 0) is 61.2 Å². The van der Waals surface area contributed by atoms with Crippen LogP contribution < -0.4 is 9.62 Å². The van der Waals surface area contributed by atoms with Gasteiger partial charge in [-0.1, -0.05) is 90.5 Å². The van der Waals surface area contributed by atoms with Crippen LogP contribution in [0.1, 0.15) is 27.8 Å². The first kappa shape index (κ1) is 30.5. The highest BCUT2D eigenvalue weighted by molar-refractivity contribution is 7.92. The molecule has 0 unspecified atom stereocenters. The summed E-state index contributed by atoms with van der Waals surface area (Å²) in [5, 5.41) is 2.71. The van der Waals surface area contributed by atoms with E-state index in [1.54, 1.807) is 31.3 Å². The molecule has 0 aliphatic heterocycles. The summed E-state index contributed by atoms with van der Waals surface area (Å²) in [4.78, 5) is 29.3. The Bertz CT molecular complexity index is 1640. The van der Waals surface area contributed by atoms with Gasteiger partial charge in [-0.25, -0.2) is 8.42 Å². The number of carbonyl (C=O) groups excluding carboxylic acids is 2. The van der Waals surface area contributed by atoms with Gasteiger partial charge in [0.1, 0.15) is 12.6 Å². The van der Waals surface area contributed by atoms with Crippen LogP contribution in [0, 0.1) is 20.8 Å². The van der Waals surface area contributed by atoms with Crippen molar-refractivity contribution in [2.75, 3.05) is 17.9 Å². The molecule has 0 saturated carbocycles. The SMILES string of the molecule is CNC(=O)[C@H](Cc1ccccc1)N(Cc1ccccc1C)C(=O)CN(c1ccc(C)cc1C)S(=O)(=O)c1ccccc1. The molecule has 0 saturated heterocycles. The number of carbonyl (C=O) groups is 2. The molecule has 0 radical (unpaired) electrons. The monoisotopic (exact) mass is 583 g/mol. The predicted molar refractivity (Wildman–Crippen MR) is 167 cm³/mol. The Labute approximate surface area is 248 Å². The van der Waals surface area contributed by atoms with E-state index in [1.807, 2.05) is 87.5 Å². The number of sulfonamides is 1. The molecule has 2 amide bonds. The maximum Gasteiger partial charge on any atom is 0.264 e. The molecular formula is C34H37N3O4S. The van der Waals surface area contributed by atoms with Crippen molar-refractivity contribution in [3.05, 3.63) is 131 Å². The van der Waals surface area contributed by atoms with E-state index in [-0.39, 0.29) is 23.8 Å². The highest BCUT2D eigenvalue weighted by Crippen LogP contribution is 2.28. The zero-order chi connectivity index (χ0) is 30.3. The third kappa shape index (κ3) is 7.06. The van der Waals surface area contributed by atoms with E-state index in [2.05, 4.69) is 5.32 Å². The maximum atomic E-state index is 14.4. The highest BCUT2D eigenvalue weighted by atomic mass is 32.2. The predicted octanol–water partition coefficient (Wildman–Crippen LogP) is 5.19. The van der Waals surface area contributed by atoms with Crippen LogP contribution in [-0.2, 0) is 32.6 Å². The van der Waals surface area contributed by atoms with Gasteiger partial charge >= 0.3 is 0 Å². The minimum Gasteiger partial charge on any atom is -0.357 e. The van der Waals surface area contributed by atoms with E-state index in [4.69, 9.17) is 0 Å². The van der Waals surface area contributed by atoms with E-state index in [0.717, 1.165) is 32.1 Å². The smallest absolute Gasteiger partial charge is 0.264 e. The Morgan fingerprint density at radius 2 is 1.40 bits per heavy atom. The lowest BCUT2D eigenvalue weighted by atomic mass is 10.0. The summed E-state index contributed by atoms with van der Waals surface area (Å²) < 4.78 is 29.3. The molecule has 4 aromatic carbocycles. The second kappa shape index (κ2) is 13.5. The molecule has 0 fully saturated rings.